The first-order valence-corrected chi connectivity index (χ1v) is 8.17. The molecule has 1 aromatic carbocycles. The minimum atomic E-state index is 0.166. The SMILES string of the molecule is Cn1cnc2c1CN(C(=O)CCCOc1ccccc1Cl)CC2. The summed E-state index contributed by atoms with van der Waals surface area (Å²) >= 11 is 6.03. The fourth-order valence-electron chi connectivity index (χ4n) is 2.75. The number of carbonyl (C=O) groups excluding carboxylic acids is 1. The third kappa shape index (κ3) is 3.67. The van der Waals surface area contributed by atoms with E-state index in [1.165, 1.54) is 0 Å². The average Bonchev–Trinajstić information content (AvgIpc) is 2.93. The molecular weight excluding hydrogens is 314 g/mol. The Morgan fingerprint density at radius 1 is 1.39 bits per heavy atom. The summed E-state index contributed by atoms with van der Waals surface area (Å²) in [6.07, 6.45) is 3.81. The molecule has 0 spiro atoms. The molecule has 1 amide bonds. The zero-order chi connectivity index (χ0) is 16.2. The van der Waals surface area contributed by atoms with Crippen LogP contribution in [-0.2, 0) is 24.8 Å². The van der Waals surface area contributed by atoms with Gasteiger partial charge in [0.1, 0.15) is 5.75 Å². The summed E-state index contributed by atoms with van der Waals surface area (Å²) in [4.78, 5) is 18.6. The molecule has 0 atom stereocenters. The van der Waals surface area contributed by atoms with Crippen LogP contribution in [0.25, 0.3) is 0 Å². The number of halogens is 1. The number of fused-ring (bicyclic) bond motifs is 1. The molecule has 0 radical (unpaired) electrons. The maximum atomic E-state index is 12.3. The Bertz CT molecular complexity index is 699. The van der Waals surface area contributed by atoms with Gasteiger partial charge in [0, 0.05) is 26.4 Å². The van der Waals surface area contributed by atoms with Gasteiger partial charge in [-0.25, -0.2) is 4.98 Å². The van der Waals surface area contributed by atoms with Crippen LogP contribution in [0.5, 0.6) is 5.75 Å². The number of amides is 1. The number of ether oxygens (including phenoxy) is 1. The molecule has 0 saturated heterocycles. The minimum absolute atomic E-state index is 0.166. The number of imidazole rings is 1. The maximum Gasteiger partial charge on any atom is 0.223 e. The van der Waals surface area contributed by atoms with Gasteiger partial charge in [-0.2, -0.15) is 0 Å². The lowest BCUT2D eigenvalue weighted by molar-refractivity contribution is -0.132. The Balaban J connectivity index is 1.45. The summed E-state index contributed by atoms with van der Waals surface area (Å²) in [6, 6.07) is 7.37. The largest absolute Gasteiger partial charge is 0.492 e. The van der Waals surface area contributed by atoms with Crippen LogP contribution >= 0.6 is 11.6 Å². The maximum absolute atomic E-state index is 12.3. The quantitative estimate of drug-likeness (QED) is 0.790. The van der Waals surface area contributed by atoms with Crippen molar-refractivity contribution in [3.05, 3.63) is 47.0 Å². The van der Waals surface area contributed by atoms with Crippen LogP contribution in [-0.4, -0.2) is 33.5 Å². The smallest absolute Gasteiger partial charge is 0.223 e. The summed E-state index contributed by atoms with van der Waals surface area (Å²) in [6.45, 7) is 1.88. The summed E-state index contributed by atoms with van der Waals surface area (Å²) in [5.74, 6) is 0.832. The number of hydrogen-bond donors (Lipinski definition) is 0. The first kappa shape index (κ1) is 15.9. The molecule has 1 aliphatic heterocycles. The lowest BCUT2D eigenvalue weighted by Gasteiger charge is -2.27. The van der Waals surface area contributed by atoms with Crippen LogP contribution in [0.15, 0.2) is 30.6 Å². The van der Waals surface area contributed by atoms with E-state index in [1.54, 1.807) is 6.07 Å². The van der Waals surface area contributed by atoms with Gasteiger partial charge in [-0.3, -0.25) is 4.79 Å². The fourth-order valence-corrected chi connectivity index (χ4v) is 2.94. The Morgan fingerprint density at radius 2 is 2.22 bits per heavy atom. The van der Waals surface area contributed by atoms with Crippen LogP contribution in [0.4, 0.5) is 0 Å². The first-order chi connectivity index (χ1) is 11.1. The summed E-state index contributed by atoms with van der Waals surface area (Å²) in [7, 11) is 1.97. The van der Waals surface area contributed by atoms with E-state index in [0.29, 0.717) is 36.8 Å². The number of benzene rings is 1. The highest BCUT2D eigenvalue weighted by Gasteiger charge is 2.23. The molecular formula is C17H20ClN3O2. The number of aromatic nitrogens is 2. The lowest BCUT2D eigenvalue weighted by atomic mass is 10.1. The van der Waals surface area contributed by atoms with Gasteiger partial charge in [-0.05, 0) is 18.6 Å². The highest BCUT2D eigenvalue weighted by Crippen LogP contribution is 2.23. The second-order valence-electron chi connectivity index (χ2n) is 5.70. The number of nitrogens with zero attached hydrogens (tertiary/aromatic N) is 3. The molecule has 2 heterocycles. The van der Waals surface area contributed by atoms with Gasteiger partial charge in [0.05, 0.1) is 35.9 Å². The van der Waals surface area contributed by atoms with E-state index in [9.17, 15) is 4.79 Å². The first-order valence-electron chi connectivity index (χ1n) is 7.79. The van der Waals surface area contributed by atoms with Gasteiger partial charge in [-0.1, -0.05) is 23.7 Å². The number of hydrogen-bond acceptors (Lipinski definition) is 3. The summed E-state index contributed by atoms with van der Waals surface area (Å²) in [5.41, 5.74) is 2.25. The third-order valence-corrected chi connectivity index (χ3v) is 4.40. The highest BCUT2D eigenvalue weighted by molar-refractivity contribution is 6.32. The molecule has 3 rings (SSSR count). The molecule has 6 heteroatoms. The second-order valence-corrected chi connectivity index (χ2v) is 6.10. The third-order valence-electron chi connectivity index (χ3n) is 4.09. The number of carbonyl (C=O) groups is 1. The fraction of sp³-hybridized carbons (Fsp3) is 0.412. The predicted octanol–water partition coefficient (Wildman–Crippen LogP) is 2.82. The van der Waals surface area contributed by atoms with E-state index in [-0.39, 0.29) is 5.91 Å². The lowest BCUT2D eigenvalue weighted by Crippen LogP contribution is -2.36. The van der Waals surface area contributed by atoms with Crippen LogP contribution in [0, 0.1) is 0 Å². The molecule has 5 nitrogen and oxygen atoms in total. The van der Waals surface area contributed by atoms with E-state index in [2.05, 4.69) is 4.98 Å². The Hall–Kier alpha value is -2.01. The van der Waals surface area contributed by atoms with Crippen molar-refractivity contribution in [3.63, 3.8) is 0 Å². The standard InChI is InChI=1S/C17H20ClN3O2/c1-20-12-19-14-8-9-21(11-15(14)20)17(22)7-4-10-23-16-6-3-2-5-13(16)18/h2-3,5-6,12H,4,7-11H2,1H3. The molecule has 0 unspecified atom stereocenters. The zero-order valence-electron chi connectivity index (χ0n) is 13.2. The predicted molar refractivity (Wildman–Crippen MR) is 88.5 cm³/mol. The van der Waals surface area contributed by atoms with Crippen molar-refractivity contribution >= 4 is 17.5 Å². The van der Waals surface area contributed by atoms with Crippen LogP contribution in [0.1, 0.15) is 24.2 Å². The molecule has 0 bridgehead atoms. The summed E-state index contributed by atoms with van der Waals surface area (Å²) in [5, 5.41) is 0.596. The second kappa shape index (κ2) is 7.04. The van der Waals surface area contributed by atoms with Crippen molar-refractivity contribution < 1.29 is 9.53 Å². The molecule has 1 aliphatic rings. The van der Waals surface area contributed by atoms with Gasteiger partial charge < -0.3 is 14.2 Å². The molecule has 0 saturated carbocycles. The summed E-state index contributed by atoms with van der Waals surface area (Å²) < 4.78 is 7.62. The number of aryl methyl sites for hydroxylation is 1. The number of rotatable bonds is 5. The highest BCUT2D eigenvalue weighted by atomic mass is 35.5. The van der Waals surface area contributed by atoms with E-state index in [0.717, 1.165) is 24.4 Å². The van der Waals surface area contributed by atoms with Crippen molar-refractivity contribution in [3.8, 4) is 5.75 Å². The molecule has 0 fully saturated rings. The van der Waals surface area contributed by atoms with Gasteiger partial charge in [0.2, 0.25) is 5.91 Å². The molecule has 23 heavy (non-hydrogen) atoms. The van der Waals surface area contributed by atoms with Crippen LogP contribution in [0.2, 0.25) is 5.02 Å². The molecule has 0 N–H and O–H groups in total. The van der Waals surface area contributed by atoms with Crippen molar-refractivity contribution in [1.82, 2.24) is 14.5 Å². The molecule has 0 aliphatic carbocycles. The van der Waals surface area contributed by atoms with Gasteiger partial charge in [-0.15, -0.1) is 0 Å². The van der Waals surface area contributed by atoms with Crippen molar-refractivity contribution in [2.24, 2.45) is 7.05 Å². The average molecular weight is 334 g/mol. The van der Waals surface area contributed by atoms with E-state index >= 15 is 0 Å². The molecule has 2 aromatic rings. The van der Waals surface area contributed by atoms with E-state index in [1.807, 2.05) is 41.0 Å². The van der Waals surface area contributed by atoms with Crippen molar-refractivity contribution in [1.29, 1.82) is 0 Å². The van der Waals surface area contributed by atoms with E-state index in [4.69, 9.17) is 16.3 Å². The van der Waals surface area contributed by atoms with Gasteiger partial charge in [0.25, 0.3) is 0 Å². The van der Waals surface area contributed by atoms with Crippen molar-refractivity contribution in [2.75, 3.05) is 13.2 Å². The van der Waals surface area contributed by atoms with Crippen LogP contribution < -0.4 is 4.74 Å². The molecule has 1 aromatic heterocycles. The topological polar surface area (TPSA) is 47.4 Å². The van der Waals surface area contributed by atoms with E-state index < -0.39 is 0 Å². The van der Waals surface area contributed by atoms with Crippen LogP contribution in [0.3, 0.4) is 0 Å². The normalized spacial score (nSPS) is 13.7. The van der Waals surface area contributed by atoms with Gasteiger partial charge in [0.15, 0.2) is 0 Å². The monoisotopic (exact) mass is 333 g/mol. The van der Waals surface area contributed by atoms with Crippen molar-refractivity contribution in [2.45, 2.75) is 25.8 Å². The minimum Gasteiger partial charge on any atom is -0.492 e. The number of para-hydroxylation sites is 1. The Morgan fingerprint density at radius 3 is 3.04 bits per heavy atom. The zero-order valence-corrected chi connectivity index (χ0v) is 13.9. The Labute approximate surface area is 140 Å². The Kier molecular flexibility index (Phi) is 4.86. The van der Waals surface area contributed by atoms with Gasteiger partial charge >= 0.3 is 0 Å². The molecule has 122 valence electrons.